The van der Waals surface area contributed by atoms with E-state index in [9.17, 15) is 4.79 Å². The molecular formula is C12H16N2O. The number of nitrogens with two attached hydrogens (primary N) is 1. The summed E-state index contributed by atoms with van der Waals surface area (Å²) in [6.45, 7) is 0. The van der Waals surface area contributed by atoms with Crippen molar-refractivity contribution in [1.82, 2.24) is 5.32 Å². The molecule has 3 nitrogen and oxygen atoms in total. The Balaban J connectivity index is 2.45. The molecule has 1 aromatic carbocycles. The molecule has 1 unspecified atom stereocenters. The van der Waals surface area contributed by atoms with Gasteiger partial charge in [0.2, 0.25) is 5.91 Å². The first kappa shape index (κ1) is 10.2. The molecule has 1 fully saturated rings. The number of nitrogens with one attached hydrogen (secondary N) is 1. The SMILES string of the molecule is CNC(C(N)=O)(c1ccccc1)C1CC1. The second kappa shape index (κ2) is 3.66. The van der Waals surface area contributed by atoms with Crippen LogP contribution < -0.4 is 11.1 Å². The highest BCUT2D eigenvalue weighted by molar-refractivity contribution is 5.87. The Morgan fingerprint density at radius 2 is 2.00 bits per heavy atom. The third-order valence-electron chi connectivity index (χ3n) is 3.20. The van der Waals surface area contributed by atoms with E-state index in [0.29, 0.717) is 5.92 Å². The molecule has 3 N–H and O–H groups in total. The van der Waals surface area contributed by atoms with Gasteiger partial charge in [-0.3, -0.25) is 4.79 Å². The number of carbonyl (C=O) groups is 1. The average Bonchev–Trinajstić information content (AvgIpc) is 3.05. The predicted octanol–water partition coefficient (Wildman–Crippen LogP) is 0.997. The predicted molar refractivity (Wildman–Crippen MR) is 59.1 cm³/mol. The van der Waals surface area contributed by atoms with Crippen molar-refractivity contribution in [3.8, 4) is 0 Å². The summed E-state index contributed by atoms with van der Waals surface area (Å²) >= 11 is 0. The molecular weight excluding hydrogens is 188 g/mol. The molecule has 1 aromatic rings. The number of hydrogen-bond donors (Lipinski definition) is 2. The molecule has 1 amide bonds. The van der Waals surface area contributed by atoms with Gasteiger partial charge in [-0.05, 0) is 31.4 Å². The van der Waals surface area contributed by atoms with Crippen LogP contribution in [0.15, 0.2) is 30.3 Å². The van der Waals surface area contributed by atoms with Crippen molar-refractivity contribution in [2.24, 2.45) is 11.7 Å². The lowest BCUT2D eigenvalue weighted by atomic mass is 9.84. The third kappa shape index (κ3) is 1.53. The van der Waals surface area contributed by atoms with Crippen LogP contribution in [0.1, 0.15) is 18.4 Å². The van der Waals surface area contributed by atoms with Gasteiger partial charge in [0.1, 0.15) is 5.54 Å². The van der Waals surface area contributed by atoms with Crippen molar-refractivity contribution < 1.29 is 4.79 Å². The molecule has 0 aliphatic heterocycles. The van der Waals surface area contributed by atoms with E-state index in [4.69, 9.17) is 5.73 Å². The fourth-order valence-electron chi connectivity index (χ4n) is 2.27. The van der Waals surface area contributed by atoms with E-state index < -0.39 is 5.54 Å². The summed E-state index contributed by atoms with van der Waals surface area (Å²) < 4.78 is 0. The Bertz CT molecular complexity index is 359. The highest BCUT2D eigenvalue weighted by atomic mass is 16.1. The molecule has 0 spiro atoms. The van der Waals surface area contributed by atoms with Crippen LogP contribution >= 0.6 is 0 Å². The van der Waals surface area contributed by atoms with Gasteiger partial charge in [0.15, 0.2) is 0 Å². The first-order valence-electron chi connectivity index (χ1n) is 5.26. The van der Waals surface area contributed by atoms with E-state index in [2.05, 4.69) is 5.32 Å². The van der Waals surface area contributed by atoms with Crippen LogP contribution in [0.2, 0.25) is 0 Å². The fourth-order valence-corrected chi connectivity index (χ4v) is 2.27. The Morgan fingerprint density at radius 3 is 2.40 bits per heavy atom. The standard InChI is InChI=1S/C12H16N2O/c1-14-12(11(13)15,10-7-8-10)9-5-3-2-4-6-9/h2-6,10,14H,7-8H2,1H3,(H2,13,15). The molecule has 0 radical (unpaired) electrons. The van der Waals surface area contributed by atoms with Crippen LogP contribution in [0.5, 0.6) is 0 Å². The zero-order chi connectivity index (χ0) is 10.9. The van der Waals surface area contributed by atoms with Gasteiger partial charge in [0.05, 0.1) is 0 Å². The van der Waals surface area contributed by atoms with Gasteiger partial charge in [-0.2, -0.15) is 0 Å². The number of benzene rings is 1. The molecule has 15 heavy (non-hydrogen) atoms. The first-order valence-corrected chi connectivity index (χ1v) is 5.26. The molecule has 1 aliphatic rings. The number of amides is 1. The number of primary amides is 1. The maximum atomic E-state index is 11.7. The van der Waals surface area contributed by atoms with Crippen molar-refractivity contribution in [2.45, 2.75) is 18.4 Å². The van der Waals surface area contributed by atoms with Gasteiger partial charge in [-0.25, -0.2) is 0 Å². The number of rotatable bonds is 4. The number of hydrogen-bond acceptors (Lipinski definition) is 2. The number of likely N-dealkylation sites (N-methyl/N-ethyl adjacent to an activating group) is 1. The summed E-state index contributed by atoms with van der Waals surface area (Å²) in [5.74, 6) is 0.0705. The maximum absolute atomic E-state index is 11.7. The van der Waals surface area contributed by atoms with Gasteiger partial charge in [-0.15, -0.1) is 0 Å². The van der Waals surface area contributed by atoms with Gasteiger partial charge >= 0.3 is 0 Å². The van der Waals surface area contributed by atoms with Crippen molar-refractivity contribution in [2.75, 3.05) is 7.05 Å². The molecule has 1 saturated carbocycles. The van der Waals surface area contributed by atoms with Crippen LogP contribution in [0.4, 0.5) is 0 Å². The minimum atomic E-state index is -0.665. The molecule has 1 aliphatic carbocycles. The largest absolute Gasteiger partial charge is 0.368 e. The zero-order valence-electron chi connectivity index (χ0n) is 8.86. The molecule has 3 heteroatoms. The van der Waals surface area contributed by atoms with Crippen molar-refractivity contribution in [3.63, 3.8) is 0 Å². The highest BCUT2D eigenvalue weighted by Crippen LogP contribution is 2.45. The lowest BCUT2D eigenvalue weighted by Gasteiger charge is -2.30. The summed E-state index contributed by atoms with van der Waals surface area (Å²) in [6.07, 6.45) is 2.14. The minimum absolute atomic E-state index is 0.279. The monoisotopic (exact) mass is 204 g/mol. The van der Waals surface area contributed by atoms with Gasteiger partial charge in [0.25, 0.3) is 0 Å². The smallest absolute Gasteiger partial charge is 0.242 e. The Labute approximate surface area is 89.7 Å². The quantitative estimate of drug-likeness (QED) is 0.768. The normalized spacial score (nSPS) is 19.5. The van der Waals surface area contributed by atoms with E-state index in [0.717, 1.165) is 18.4 Å². The molecule has 0 heterocycles. The third-order valence-corrected chi connectivity index (χ3v) is 3.20. The van der Waals surface area contributed by atoms with E-state index >= 15 is 0 Å². The average molecular weight is 204 g/mol. The van der Waals surface area contributed by atoms with Crippen LogP contribution in [0.3, 0.4) is 0 Å². The van der Waals surface area contributed by atoms with Crippen molar-refractivity contribution in [1.29, 1.82) is 0 Å². The van der Waals surface area contributed by atoms with Crippen LogP contribution in [0, 0.1) is 5.92 Å². The fraction of sp³-hybridized carbons (Fsp3) is 0.417. The second-order valence-corrected chi connectivity index (χ2v) is 4.06. The van der Waals surface area contributed by atoms with Gasteiger partial charge in [-0.1, -0.05) is 30.3 Å². The van der Waals surface area contributed by atoms with Crippen molar-refractivity contribution >= 4 is 5.91 Å². The van der Waals surface area contributed by atoms with E-state index in [1.54, 1.807) is 7.05 Å². The van der Waals surface area contributed by atoms with Gasteiger partial charge < -0.3 is 11.1 Å². The topological polar surface area (TPSA) is 55.1 Å². The summed E-state index contributed by atoms with van der Waals surface area (Å²) in [6, 6.07) is 9.73. The van der Waals surface area contributed by atoms with E-state index in [-0.39, 0.29) is 5.91 Å². The van der Waals surface area contributed by atoms with Crippen molar-refractivity contribution in [3.05, 3.63) is 35.9 Å². The van der Waals surface area contributed by atoms with E-state index in [1.165, 1.54) is 0 Å². The molecule has 0 aromatic heterocycles. The summed E-state index contributed by atoms with van der Waals surface area (Å²) in [5, 5.41) is 3.12. The molecule has 2 rings (SSSR count). The highest BCUT2D eigenvalue weighted by Gasteiger charge is 2.49. The Morgan fingerprint density at radius 1 is 1.40 bits per heavy atom. The lowest BCUT2D eigenvalue weighted by Crippen LogP contribution is -2.53. The Hall–Kier alpha value is -1.35. The summed E-state index contributed by atoms with van der Waals surface area (Å²) in [7, 11) is 1.80. The summed E-state index contributed by atoms with van der Waals surface area (Å²) in [4.78, 5) is 11.7. The molecule has 80 valence electrons. The van der Waals surface area contributed by atoms with E-state index in [1.807, 2.05) is 30.3 Å². The molecule has 1 atom stereocenters. The minimum Gasteiger partial charge on any atom is -0.368 e. The Kier molecular flexibility index (Phi) is 2.49. The molecule has 0 bridgehead atoms. The van der Waals surface area contributed by atoms with Crippen LogP contribution in [0.25, 0.3) is 0 Å². The molecule has 0 saturated heterocycles. The zero-order valence-corrected chi connectivity index (χ0v) is 8.86. The lowest BCUT2D eigenvalue weighted by molar-refractivity contribution is -0.125. The van der Waals surface area contributed by atoms with Crippen LogP contribution in [-0.4, -0.2) is 13.0 Å². The number of carbonyl (C=O) groups excluding carboxylic acids is 1. The maximum Gasteiger partial charge on any atom is 0.242 e. The van der Waals surface area contributed by atoms with Crippen LogP contribution in [-0.2, 0) is 10.3 Å². The summed E-state index contributed by atoms with van der Waals surface area (Å²) in [5.41, 5.74) is 5.86. The van der Waals surface area contributed by atoms with Gasteiger partial charge in [0, 0.05) is 0 Å². The first-order chi connectivity index (χ1) is 7.21. The second-order valence-electron chi connectivity index (χ2n) is 4.06.